The molecule has 118 valence electrons. The molecule has 2 rings (SSSR count). The Morgan fingerprint density at radius 2 is 2.24 bits per heavy atom. The molecule has 0 bridgehead atoms. The van der Waals surface area contributed by atoms with E-state index in [1.54, 1.807) is 0 Å². The molecular formula is C13H22N4O3S. The van der Waals surface area contributed by atoms with Gasteiger partial charge in [-0.3, -0.25) is 4.79 Å². The van der Waals surface area contributed by atoms with Crippen molar-refractivity contribution in [2.24, 2.45) is 0 Å². The summed E-state index contributed by atoms with van der Waals surface area (Å²) >= 11 is 1.25. The minimum atomic E-state index is -0.235. The van der Waals surface area contributed by atoms with Gasteiger partial charge in [0.15, 0.2) is 5.13 Å². The summed E-state index contributed by atoms with van der Waals surface area (Å²) in [5, 5.41) is 6.65. The highest BCUT2D eigenvalue weighted by Crippen LogP contribution is 2.27. The van der Waals surface area contributed by atoms with Crippen LogP contribution in [0.4, 0.5) is 10.9 Å². The third kappa shape index (κ3) is 4.83. The van der Waals surface area contributed by atoms with Crippen LogP contribution in [-0.4, -0.2) is 48.9 Å². The van der Waals surface area contributed by atoms with E-state index < -0.39 is 0 Å². The van der Waals surface area contributed by atoms with E-state index in [4.69, 9.17) is 15.2 Å². The van der Waals surface area contributed by atoms with E-state index >= 15 is 0 Å². The van der Waals surface area contributed by atoms with Crippen molar-refractivity contribution in [3.63, 3.8) is 0 Å². The summed E-state index contributed by atoms with van der Waals surface area (Å²) < 4.78 is 10.8. The van der Waals surface area contributed by atoms with Crippen LogP contribution < -0.4 is 16.4 Å². The Labute approximate surface area is 128 Å². The zero-order chi connectivity index (χ0) is 15.5. The molecule has 1 aromatic rings. The smallest absolute Gasteiger partial charge is 0.265 e. The predicted octanol–water partition coefficient (Wildman–Crippen LogP) is 1.08. The second-order valence-corrected chi connectivity index (χ2v) is 6.89. The highest BCUT2D eigenvalue weighted by atomic mass is 32.1. The number of nitrogens with two attached hydrogens (primary N) is 1. The van der Waals surface area contributed by atoms with Crippen molar-refractivity contribution >= 4 is 28.2 Å². The SMILES string of the molecule is CC(C)(C)Nc1nc(N)c(C(=O)NCC2COCCO2)s1. The number of carbonyl (C=O) groups excluding carboxylic acids is 1. The number of anilines is 2. The zero-order valence-electron chi connectivity index (χ0n) is 12.6. The summed E-state index contributed by atoms with van der Waals surface area (Å²) in [4.78, 5) is 16.7. The summed E-state index contributed by atoms with van der Waals surface area (Å²) in [5.41, 5.74) is 5.68. The number of nitrogens with zero attached hydrogens (tertiary/aromatic N) is 1. The number of carbonyl (C=O) groups is 1. The van der Waals surface area contributed by atoms with E-state index in [0.717, 1.165) is 0 Å². The van der Waals surface area contributed by atoms with Crippen molar-refractivity contribution in [3.8, 4) is 0 Å². The van der Waals surface area contributed by atoms with Crippen LogP contribution >= 0.6 is 11.3 Å². The molecule has 2 heterocycles. The van der Waals surface area contributed by atoms with Gasteiger partial charge < -0.3 is 25.8 Å². The lowest BCUT2D eigenvalue weighted by Crippen LogP contribution is -2.39. The molecule has 4 N–H and O–H groups in total. The fourth-order valence-corrected chi connectivity index (χ4v) is 2.82. The van der Waals surface area contributed by atoms with Crippen molar-refractivity contribution in [1.82, 2.24) is 10.3 Å². The molecule has 0 aliphatic carbocycles. The van der Waals surface area contributed by atoms with Crippen molar-refractivity contribution in [3.05, 3.63) is 4.88 Å². The van der Waals surface area contributed by atoms with E-state index in [9.17, 15) is 4.79 Å². The number of nitrogens with one attached hydrogen (secondary N) is 2. The lowest BCUT2D eigenvalue weighted by Gasteiger charge is -2.22. The van der Waals surface area contributed by atoms with Crippen LogP contribution in [0.15, 0.2) is 0 Å². The minimum Gasteiger partial charge on any atom is -0.382 e. The second-order valence-electron chi connectivity index (χ2n) is 5.89. The molecule has 7 nitrogen and oxygen atoms in total. The number of thiazole rings is 1. The zero-order valence-corrected chi connectivity index (χ0v) is 13.4. The van der Waals surface area contributed by atoms with Gasteiger partial charge in [0.25, 0.3) is 5.91 Å². The van der Waals surface area contributed by atoms with Gasteiger partial charge in [-0.25, -0.2) is 4.98 Å². The van der Waals surface area contributed by atoms with Crippen LogP contribution in [0.2, 0.25) is 0 Å². The fraction of sp³-hybridized carbons (Fsp3) is 0.692. The third-order valence-electron chi connectivity index (χ3n) is 2.72. The molecule has 1 aliphatic heterocycles. The molecule has 1 aliphatic rings. The van der Waals surface area contributed by atoms with Crippen molar-refractivity contribution in [2.75, 3.05) is 37.4 Å². The monoisotopic (exact) mass is 314 g/mol. The van der Waals surface area contributed by atoms with E-state index in [0.29, 0.717) is 36.4 Å². The third-order valence-corrected chi connectivity index (χ3v) is 3.70. The van der Waals surface area contributed by atoms with Crippen LogP contribution in [0, 0.1) is 0 Å². The number of aromatic nitrogens is 1. The van der Waals surface area contributed by atoms with Gasteiger partial charge in [-0.05, 0) is 20.8 Å². The van der Waals surface area contributed by atoms with Crippen molar-refractivity contribution in [1.29, 1.82) is 0 Å². The van der Waals surface area contributed by atoms with Crippen LogP contribution in [0.5, 0.6) is 0 Å². The van der Waals surface area contributed by atoms with E-state index in [-0.39, 0.29) is 23.4 Å². The number of rotatable bonds is 4. The van der Waals surface area contributed by atoms with Gasteiger partial charge in [0, 0.05) is 12.1 Å². The first-order chi connectivity index (χ1) is 9.85. The maximum atomic E-state index is 12.1. The van der Waals surface area contributed by atoms with Gasteiger partial charge in [-0.2, -0.15) is 0 Å². The number of hydrogen-bond acceptors (Lipinski definition) is 7. The van der Waals surface area contributed by atoms with E-state index in [1.807, 2.05) is 20.8 Å². The number of hydrogen-bond donors (Lipinski definition) is 3. The first-order valence-corrected chi connectivity index (χ1v) is 7.69. The largest absolute Gasteiger partial charge is 0.382 e. The molecule has 0 aromatic carbocycles. The van der Waals surface area contributed by atoms with Crippen LogP contribution in [0.25, 0.3) is 0 Å². The molecule has 8 heteroatoms. The van der Waals surface area contributed by atoms with Gasteiger partial charge in [-0.15, -0.1) is 0 Å². The van der Waals surface area contributed by atoms with Gasteiger partial charge in [-0.1, -0.05) is 11.3 Å². The molecule has 1 unspecified atom stereocenters. The fourth-order valence-electron chi connectivity index (χ4n) is 1.81. The molecule has 0 spiro atoms. The van der Waals surface area contributed by atoms with Crippen LogP contribution in [0.3, 0.4) is 0 Å². The molecule has 0 saturated carbocycles. The van der Waals surface area contributed by atoms with Gasteiger partial charge >= 0.3 is 0 Å². The van der Waals surface area contributed by atoms with Gasteiger partial charge in [0.2, 0.25) is 0 Å². The van der Waals surface area contributed by atoms with Crippen molar-refractivity contribution < 1.29 is 14.3 Å². The summed E-state index contributed by atoms with van der Waals surface area (Å²) in [7, 11) is 0. The maximum absolute atomic E-state index is 12.1. The Balaban J connectivity index is 1.92. The molecule has 0 radical (unpaired) electrons. The summed E-state index contributed by atoms with van der Waals surface area (Å²) in [6, 6.07) is 0. The number of nitrogen functional groups attached to an aromatic ring is 1. The average molecular weight is 314 g/mol. The molecule has 21 heavy (non-hydrogen) atoms. The maximum Gasteiger partial charge on any atom is 0.265 e. The Morgan fingerprint density at radius 1 is 1.48 bits per heavy atom. The first kappa shape index (κ1) is 16.0. The average Bonchev–Trinajstić information content (AvgIpc) is 2.76. The second kappa shape index (κ2) is 6.59. The van der Waals surface area contributed by atoms with Crippen LogP contribution in [0.1, 0.15) is 30.4 Å². The Morgan fingerprint density at radius 3 is 2.86 bits per heavy atom. The number of amides is 1. The summed E-state index contributed by atoms with van der Waals surface area (Å²) in [6.07, 6.45) is -0.107. The molecular weight excluding hydrogens is 292 g/mol. The molecule has 1 aromatic heterocycles. The van der Waals surface area contributed by atoms with Crippen LogP contribution in [-0.2, 0) is 9.47 Å². The van der Waals surface area contributed by atoms with Crippen molar-refractivity contribution in [2.45, 2.75) is 32.4 Å². The molecule has 1 saturated heterocycles. The highest BCUT2D eigenvalue weighted by molar-refractivity contribution is 7.18. The highest BCUT2D eigenvalue weighted by Gasteiger charge is 2.21. The van der Waals surface area contributed by atoms with Gasteiger partial charge in [0.1, 0.15) is 10.7 Å². The minimum absolute atomic E-state index is 0.107. The lowest BCUT2D eigenvalue weighted by molar-refractivity contribution is -0.0855. The Bertz CT molecular complexity index is 492. The molecule has 1 amide bonds. The molecule has 1 atom stereocenters. The van der Waals surface area contributed by atoms with E-state index in [1.165, 1.54) is 11.3 Å². The number of ether oxygens (including phenoxy) is 2. The molecule has 1 fully saturated rings. The quantitative estimate of drug-likeness (QED) is 0.769. The van der Waals surface area contributed by atoms with E-state index in [2.05, 4.69) is 15.6 Å². The lowest BCUT2D eigenvalue weighted by atomic mass is 10.1. The normalized spacial score (nSPS) is 19.3. The summed E-state index contributed by atoms with van der Waals surface area (Å²) in [6.45, 7) is 8.12. The van der Waals surface area contributed by atoms with Gasteiger partial charge in [0.05, 0.1) is 25.9 Å². The summed E-state index contributed by atoms with van der Waals surface area (Å²) in [5.74, 6) is 0.00574. The standard InChI is InChI=1S/C13H22N4O3S/c1-13(2,3)17-12-16-10(14)9(21-12)11(18)15-6-8-7-19-4-5-20-8/h8H,4-7,14H2,1-3H3,(H,15,18)(H,16,17). The first-order valence-electron chi connectivity index (χ1n) is 6.87. The predicted molar refractivity (Wildman–Crippen MR) is 82.8 cm³/mol. The Hall–Kier alpha value is -1.38. The Kier molecular flexibility index (Phi) is 5.02. The topological polar surface area (TPSA) is 98.5 Å².